The van der Waals surface area contributed by atoms with Gasteiger partial charge in [-0.05, 0) is 61.5 Å². The number of nitrogens with zero attached hydrogens (tertiary/aromatic N) is 3. The number of nitrogens with one attached hydrogen (secondary N) is 1. The minimum absolute atomic E-state index is 0.181. The van der Waals surface area contributed by atoms with Crippen LogP contribution in [0.25, 0.3) is 11.0 Å². The van der Waals surface area contributed by atoms with Crippen LogP contribution in [0.5, 0.6) is 11.5 Å². The second-order valence-corrected chi connectivity index (χ2v) is 10.1. The van der Waals surface area contributed by atoms with Crippen LogP contribution in [0.3, 0.4) is 0 Å². The molecule has 10 heteroatoms. The highest BCUT2D eigenvalue weighted by molar-refractivity contribution is 7.92. The van der Waals surface area contributed by atoms with E-state index in [0.717, 1.165) is 16.1 Å². The molecule has 1 heterocycles. The molecule has 1 atom stereocenters. The number of carbonyl (C=O) groups excluding carboxylic acids is 1. The van der Waals surface area contributed by atoms with Crippen LogP contribution in [0.1, 0.15) is 6.92 Å². The van der Waals surface area contributed by atoms with Crippen LogP contribution in [-0.2, 0) is 28.9 Å². The zero-order chi connectivity index (χ0) is 25.3. The monoisotopic (exact) mass is 494 g/mol. The third-order valence-electron chi connectivity index (χ3n) is 5.70. The number of carbonyl (C=O) groups is 1. The van der Waals surface area contributed by atoms with Crippen molar-refractivity contribution in [3.05, 3.63) is 83.3 Å². The van der Waals surface area contributed by atoms with Gasteiger partial charge in [0.1, 0.15) is 17.5 Å². The number of rotatable bonds is 7. The summed E-state index contributed by atoms with van der Waals surface area (Å²) in [6.07, 6.45) is 1.05. The molecular weight excluding hydrogens is 468 g/mol. The van der Waals surface area contributed by atoms with Crippen molar-refractivity contribution in [1.82, 2.24) is 9.13 Å². The molecule has 1 N–H and O–H groups in total. The molecule has 0 bridgehead atoms. The normalized spacial score (nSPS) is 12.3. The summed E-state index contributed by atoms with van der Waals surface area (Å²) in [6, 6.07) is 19.7. The number of benzene rings is 3. The summed E-state index contributed by atoms with van der Waals surface area (Å²) in [5.41, 5.74) is 1.97. The van der Waals surface area contributed by atoms with Crippen molar-refractivity contribution in [2.75, 3.05) is 15.9 Å². The van der Waals surface area contributed by atoms with Crippen molar-refractivity contribution in [2.45, 2.75) is 13.0 Å². The van der Waals surface area contributed by atoms with Crippen molar-refractivity contribution < 1.29 is 17.9 Å². The van der Waals surface area contributed by atoms with Crippen LogP contribution < -0.4 is 20.0 Å². The molecule has 0 spiro atoms. The fraction of sp³-hybridized carbons (Fsp3) is 0.200. The summed E-state index contributed by atoms with van der Waals surface area (Å²) in [6.45, 7) is 1.52. The van der Waals surface area contributed by atoms with E-state index in [-0.39, 0.29) is 5.69 Å². The molecule has 0 aliphatic rings. The molecule has 0 fully saturated rings. The third-order valence-corrected chi connectivity index (χ3v) is 6.94. The fourth-order valence-electron chi connectivity index (χ4n) is 3.93. The van der Waals surface area contributed by atoms with E-state index in [9.17, 15) is 18.0 Å². The predicted molar refractivity (Wildman–Crippen MR) is 137 cm³/mol. The van der Waals surface area contributed by atoms with Gasteiger partial charge in [-0.25, -0.2) is 13.2 Å². The van der Waals surface area contributed by atoms with Crippen molar-refractivity contribution >= 4 is 38.3 Å². The Balaban J connectivity index is 1.56. The SMILES string of the molecule is CC(C(=O)Nc1ccc2c(c1)n(C)c(=O)n2C)N(c1ccc(Oc2ccccc2)cc1)S(C)(=O)=O. The first-order chi connectivity index (χ1) is 16.6. The maximum atomic E-state index is 13.1. The van der Waals surface area contributed by atoms with Crippen LogP contribution in [0.4, 0.5) is 11.4 Å². The van der Waals surface area contributed by atoms with Gasteiger partial charge in [0, 0.05) is 19.8 Å². The van der Waals surface area contributed by atoms with Gasteiger partial charge in [0.15, 0.2) is 0 Å². The molecule has 0 saturated heterocycles. The molecule has 0 saturated carbocycles. The van der Waals surface area contributed by atoms with Crippen molar-refractivity contribution in [3.63, 3.8) is 0 Å². The number of anilines is 2. The van der Waals surface area contributed by atoms with Gasteiger partial charge in [0.25, 0.3) is 0 Å². The topological polar surface area (TPSA) is 103 Å². The van der Waals surface area contributed by atoms with Crippen molar-refractivity contribution in [2.24, 2.45) is 14.1 Å². The third kappa shape index (κ3) is 4.92. The second-order valence-electron chi connectivity index (χ2n) is 8.24. The number of sulfonamides is 1. The highest BCUT2D eigenvalue weighted by Crippen LogP contribution is 2.27. The Hall–Kier alpha value is -4.05. The van der Waals surface area contributed by atoms with Crippen molar-refractivity contribution in [3.8, 4) is 11.5 Å². The van der Waals surface area contributed by atoms with Crippen LogP contribution in [-0.4, -0.2) is 35.8 Å². The summed E-state index contributed by atoms with van der Waals surface area (Å²) >= 11 is 0. The lowest BCUT2D eigenvalue weighted by molar-refractivity contribution is -0.116. The molecule has 182 valence electrons. The minimum Gasteiger partial charge on any atom is -0.457 e. The van der Waals surface area contributed by atoms with E-state index in [1.165, 1.54) is 16.1 Å². The zero-order valence-corrected chi connectivity index (χ0v) is 20.6. The molecule has 3 aromatic carbocycles. The molecule has 4 rings (SSSR count). The highest BCUT2D eigenvalue weighted by atomic mass is 32.2. The first kappa shape index (κ1) is 24.1. The molecule has 0 aliphatic carbocycles. The van der Waals surface area contributed by atoms with E-state index in [2.05, 4.69) is 5.32 Å². The van der Waals surface area contributed by atoms with E-state index in [0.29, 0.717) is 28.4 Å². The van der Waals surface area contributed by atoms with E-state index >= 15 is 0 Å². The molecule has 0 aliphatic heterocycles. The van der Waals surface area contributed by atoms with Crippen LogP contribution in [0, 0.1) is 0 Å². The van der Waals surface area contributed by atoms with Crippen LogP contribution in [0.15, 0.2) is 77.6 Å². The van der Waals surface area contributed by atoms with E-state index in [1.807, 2.05) is 30.3 Å². The number of aryl methyl sites for hydroxylation is 2. The average molecular weight is 495 g/mol. The quantitative estimate of drug-likeness (QED) is 0.424. The molecule has 35 heavy (non-hydrogen) atoms. The number of aromatic nitrogens is 2. The molecule has 1 aromatic heterocycles. The summed E-state index contributed by atoms with van der Waals surface area (Å²) < 4.78 is 35.1. The van der Waals surface area contributed by atoms with Crippen molar-refractivity contribution in [1.29, 1.82) is 0 Å². The highest BCUT2D eigenvalue weighted by Gasteiger charge is 2.29. The predicted octanol–water partition coefficient (Wildman–Crippen LogP) is 3.46. The Labute approximate surface area is 203 Å². The number of hydrogen-bond acceptors (Lipinski definition) is 5. The lowest BCUT2D eigenvalue weighted by Gasteiger charge is -2.28. The van der Waals surface area contributed by atoms with Gasteiger partial charge in [-0.15, -0.1) is 0 Å². The Morgan fingerprint density at radius 3 is 2.14 bits per heavy atom. The van der Waals surface area contributed by atoms with Gasteiger partial charge >= 0.3 is 5.69 Å². The summed E-state index contributed by atoms with van der Waals surface area (Å²) in [5.74, 6) is 0.674. The second kappa shape index (κ2) is 9.30. The van der Waals surface area contributed by atoms with E-state index in [4.69, 9.17) is 4.74 Å². The maximum absolute atomic E-state index is 13.1. The Bertz CT molecular complexity index is 1540. The lowest BCUT2D eigenvalue weighted by atomic mass is 10.2. The summed E-state index contributed by atoms with van der Waals surface area (Å²) in [7, 11) is -0.467. The number of imidazole rings is 1. The van der Waals surface area contributed by atoms with Gasteiger partial charge in [-0.1, -0.05) is 18.2 Å². The fourth-order valence-corrected chi connectivity index (χ4v) is 5.10. The van der Waals surface area contributed by atoms with Gasteiger partial charge < -0.3 is 10.1 Å². The number of fused-ring (bicyclic) bond motifs is 1. The van der Waals surface area contributed by atoms with Crippen LogP contribution in [0.2, 0.25) is 0 Å². The van der Waals surface area contributed by atoms with E-state index < -0.39 is 22.0 Å². The zero-order valence-electron chi connectivity index (χ0n) is 19.8. The Morgan fingerprint density at radius 2 is 1.51 bits per heavy atom. The Kier molecular flexibility index (Phi) is 6.40. The van der Waals surface area contributed by atoms with Crippen LogP contribution >= 0.6 is 0 Å². The molecular formula is C25H26N4O5S. The number of ether oxygens (including phenoxy) is 1. The summed E-state index contributed by atoms with van der Waals surface area (Å²) in [4.78, 5) is 25.2. The summed E-state index contributed by atoms with van der Waals surface area (Å²) in [5, 5.41) is 2.76. The lowest BCUT2D eigenvalue weighted by Crippen LogP contribution is -2.45. The largest absolute Gasteiger partial charge is 0.457 e. The molecule has 9 nitrogen and oxygen atoms in total. The first-order valence-corrected chi connectivity index (χ1v) is 12.7. The van der Waals surface area contributed by atoms with Gasteiger partial charge in [0.2, 0.25) is 15.9 Å². The minimum atomic E-state index is -3.79. The molecule has 0 radical (unpaired) electrons. The molecule has 1 unspecified atom stereocenters. The van der Waals surface area contributed by atoms with Gasteiger partial charge in [-0.3, -0.25) is 18.2 Å². The maximum Gasteiger partial charge on any atom is 0.328 e. The van der Waals surface area contributed by atoms with Gasteiger partial charge in [0.05, 0.1) is 23.0 Å². The smallest absolute Gasteiger partial charge is 0.328 e. The molecule has 1 amide bonds. The first-order valence-electron chi connectivity index (χ1n) is 10.8. The number of para-hydroxylation sites is 1. The average Bonchev–Trinajstić information content (AvgIpc) is 3.03. The number of amides is 1. The number of hydrogen-bond donors (Lipinski definition) is 1. The molecule has 4 aromatic rings. The van der Waals surface area contributed by atoms with E-state index in [1.54, 1.807) is 56.6 Å². The van der Waals surface area contributed by atoms with Gasteiger partial charge in [-0.2, -0.15) is 0 Å². The standard InChI is InChI=1S/C25H26N4O5S/c1-17(24(30)26-18-10-15-22-23(16-18)28(3)25(31)27(22)2)29(35(4,32)33)19-11-13-21(14-12-19)34-20-8-6-5-7-9-20/h5-17H,1-4H3,(H,26,30). The Morgan fingerprint density at radius 1 is 0.914 bits per heavy atom.